The number of nitrogens with zero attached hydrogens (tertiary/aromatic N) is 1. The minimum atomic E-state index is -4.64. The normalized spacial score (nSPS) is 18.5. The Morgan fingerprint density at radius 3 is 2.68 bits per heavy atom. The highest BCUT2D eigenvalue weighted by Gasteiger charge is 2.32. The Labute approximate surface area is 139 Å². The second kappa shape index (κ2) is 7.85. The zero-order valence-electron chi connectivity index (χ0n) is 12.9. The molecule has 1 fully saturated rings. The first kappa shape index (κ1) is 19.2. The fraction of sp³-hybridized carbons (Fsp3) is 0.533. The van der Waals surface area contributed by atoms with Crippen LogP contribution >= 0.6 is 0 Å². The van der Waals surface area contributed by atoms with Gasteiger partial charge in [0.2, 0.25) is 0 Å². The SMILES string of the molecule is O=C(O)N1CCCC(Oc2ccc(C(F)(F)F)cc2COC(F)F)C1. The molecule has 25 heavy (non-hydrogen) atoms. The molecule has 1 aromatic carbocycles. The third-order valence-electron chi connectivity index (χ3n) is 3.69. The summed E-state index contributed by atoms with van der Waals surface area (Å²) in [7, 11) is 0. The van der Waals surface area contributed by atoms with Crippen LogP contribution in [-0.4, -0.2) is 41.9 Å². The van der Waals surface area contributed by atoms with E-state index >= 15 is 0 Å². The topological polar surface area (TPSA) is 59.0 Å². The second-order valence-corrected chi connectivity index (χ2v) is 5.50. The molecule has 1 atom stereocenters. The van der Waals surface area contributed by atoms with E-state index in [1.807, 2.05) is 0 Å². The van der Waals surface area contributed by atoms with E-state index in [2.05, 4.69) is 4.74 Å². The van der Waals surface area contributed by atoms with Gasteiger partial charge in [-0.05, 0) is 31.0 Å². The number of hydrogen-bond donors (Lipinski definition) is 1. The van der Waals surface area contributed by atoms with Crippen molar-refractivity contribution in [1.82, 2.24) is 4.90 Å². The van der Waals surface area contributed by atoms with Gasteiger partial charge in [-0.2, -0.15) is 22.0 Å². The number of carbonyl (C=O) groups is 1. The molecular formula is C15H16F5NO4. The number of piperidine rings is 1. The fourth-order valence-electron chi connectivity index (χ4n) is 2.52. The number of likely N-dealkylation sites (tertiary alicyclic amines) is 1. The van der Waals surface area contributed by atoms with Gasteiger partial charge in [-0.3, -0.25) is 0 Å². The molecule has 1 saturated heterocycles. The van der Waals surface area contributed by atoms with Crippen molar-refractivity contribution < 1.29 is 41.3 Å². The first-order chi connectivity index (χ1) is 11.7. The molecule has 0 spiro atoms. The maximum atomic E-state index is 12.8. The Bertz CT molecular complexity index is 608. The van der Waals surface area contributed by atoms with Gasteiger partial charge >= 0.3 is 18.9 Å². The number of halogens is 5. The zero-order chi connectivity index (χ0) is 18.6. The lowest BCUT2D eigenvalue weighted by atomic mass is 10.1. The van der Waals surface area contributed by atoms with Crippen molar-refractivity contribution in [2.75, 3.05) is 13.1 Å². The molecule has 1 amide bonds. The molecule has 2 rings (SSSR count). The van der Waals surface area contributed by atoms with Crippen molar-refractivity contribution >= 4 is 6.09 Å². The number of alkyl halides is 5. The van der Waals surface area contributed by atoms with Gasteiger partial charge in [-0.25, -0.2) is 4.79 Å². The van der Waals surface area contributed by atoms with Crippen molar-refractivity contribution in [3.05, 3.63) is 29.3 Å². The smallest absolute Gasteiger partial charge is 0.416 e. The summed E-state index contributed by atoms with van der Waals surface area (Å²) in [4.78, 5) is 12.1. The van der Waals surface area contributed by atoms with Crippen LogP contribution in [0.2, 0.25) is 0 Å². The van der Waals surface area contributed by atoms with Crippen molar-refractivity contribution in [2.24, 2.45) is 0 Å². The van der Waals surface area contributed by atoms with Crippen LogP contribution in [0.25, 0.3) is 0 Å². The Kier molecular flexibility index (Phi) is 6.04. The van der Waals surface area contributed by atoms with E-state index in [0.29, 0.717) is 25.5 Å². The van der Waals surface area contributed by atoms with Crippen LogP contribution in [0.4, 0.5) is 26.7 Å². The van der Waals surface area contributed by atoms with E-state index in [4.69, 9.17) is 9.84 Å². The maximum absolute atomic E-state index is 12.8. The molecule has 0 aromatic heterocycles. The maximum Gasteiger partial charge on any atom is 0.416 e. The first-order valence-electron chi connectivity index (χ1n) is 7.41. The quantitative estimate of drug-likeness (QED) is 0.798. The fourth-order valence-corrected chi connectivity index (χ4v) is 2.52. The molecule has 0 bridgehead atoms. The van der Waals surface area contributed by atoms with Crippen LogP contribution in [0.1, 0.15) is 24.0 Å². The van der Waals surface area contributed by atoms with Crippen molar-refractivity contribution in [3.63, 3.8) is 0 Å². The van der Waals surface area contributed by atoms with Gasteiger partial charge in [0.1, 0.15) is 11.9 Å². The van der Waals surface area contributed by atoms with Gasteiger partial charge in [-0.15, -0.1) is 0 Å². The Morgan fingerprint density at radius 2 is 2.08 bits per heavy atom. The van der Waals surface area contributed by atoms with Gasteiger partial charge in [-0.1, -0.05) is 0 Å². The molecule has 1 N–H and O–H groups in total. The minimum Gasteiger partial charge on any atom is -0.488 e. The lowest BCUT2D eigenvalue weighted by Crippen LogP contribution is -2.43. The monoisotopic (exact) mass is 369 g/mol. The average molecular weight is 369 g/mol. The van der Waals surface area contributed by atoms with Crippen molar-refractivity contribution in [3.8, 4) is 5.75 Å². The van der Waals surface area contributed by atoms with Gasteiger partial charge in [0.25, 0.3) is 0 Å². The van der Waals surface area contributed by atoms with Crippen LogP contribution < -0.4 is 4.74 Å². The van der Waals surface area contributed by atoms with Gasteiger partial charge in [0, 0.05) is 12.1 Å². The third-order valence-corrected chi connectivity index (χ3v) is 3.69. The molecule has 1 unspecified atom stereocenters. The zero-order valence-corrected chi connectivity index (χ0v) is 12.9. The molecule has 0 radical (unpaired) electrons. The van der Waals surface area contributed by atoms with Crippen molar-refractivity contribution in [1.29, 1.82) is 0 Å². The van der Waals surface area contributed by atoms with Gasteiger partial charge < -0.3 is 19.5 Å². The Balaban J connectivity index is 2.18. The molecule has 140 valence electrons. The first-order valence-corrected chi connectivity index (χ1v) is 7.41. The molecular weight excluding hydrogens is 353 g/mol. The number of benzene rings is 1. The van der Waals surface area contributed by atoms with Crippen LogP contribution in [0.15, 0.2) is 18.2 Å². The molecule has 1 aliphatic rings. The number of hydrogen-bond acceptors (Lipinski definition) is 3. The van der Waals surface area contributed by atoms with E-state index < -0.39 is 37.2 Å². The van der Waals surface area contributed by atoms with Crippen LogP contribution in [0.5, 0.6) is 5.75 Å². The number of rotatable bonds is 5. The predicted octanol–water partition coefficient (Wildman–Crippen LogP) is 3.97. The summed E-state index contributed by atoms with van der Waals surface area (Å²) in [6, 6.07) is 2.50. The van der Waals surface area contributed by atoms with Crippen LogP contribution in [0.3, 0.4) is 0 Å². The van der Waals surface area contributed by atoms with E-state index in [9.17, 15) is 26.7 Å². The predicted molar refractivity (Wildman–Crippen MR) is 75.5 cm³/mol. The minimum absolute atomic E-state index is 0.0362. The highest BCUT2D eigenvalue weighted by Crippen LogP contribution is 2.34. The summed E-state index contributed by atoms with van der Waals surface area (Å²) in [5.74, 6) is -0.0362. The summed E-state index contributed by atoms with van der Waals surface area (Å²) < 4.78 is 72.5. The average Bonchev–Trinajstić information content (AvgIpc) is 2.53. The highest BCUT2D eigenvalue weighted by atomic mass is 19.4. The summed E-state index contributed by atoms with van der Waals surface area (Å²) in [5.41, 5.74) is -1.19. The summed E-state index contributed by atoms with van der Waals surface area (Å²) in [6.45, 7) is -3.51. The van der Waals surface area contributed by atoms with Gasteiger partial charge in [0.15, 0.2) is 0 Å². The van der Waals surface area contributed by atoms with E-state index in [0.717, 1.165) is 17.0 Å². The van der Waals surface area contributed by atoms with E-state index in [-0.39, 0.29) is 17.9 Å². The Hall–Kier alpha value is -2.10. The van der Waals surface area contributed by atoms with E-state index in [1.165, 1.54) is 0 Å². The second-order valence-electron chi connectivity index (χ2n) is 5.50. The van der Waals surface area contributed by atoms with Crippen LogP contribution in [0, 0.1) is 0 Å². The number of amides is 1. The highest BCUT2D eigenvalue weighted by molar-refractivity contribution is 5.65. The van der Waals surface area contributed by atoms with Crippen LogP contribution in [-0.2, 0) is 17.5 Å². The summed E-state index contributed by atoms with van der Waals surface area (Å²) in [6.07, 6.45) is -5.31. The molecule has 1 heterocycles. The van der Waals surface area contributed by atoms with Gasteiger partial charge in [0.05, 0.1) is 18.7 Å². The third kappa shape index (κ3) is 5.45. The van der Waals surface area contributed by atoms with E-state index in [1.54, 1.807) is 0 Å². The molecule has 5 nitrogen and oxygen atoms in total. The lowest BCUT2D eigenvalue weighted by molar-refractivity contribution is -0.140. The number of carboxylic acid groups (broad SMARTS) is 1. The molecule has 10 heteroatoms. The summed E-state index contributed by atoms with van der Waals surface area (Å²) in [5, 5.41) is 8.99. The Morgan fingerprint density at radius 1 is 1.36 bits per heavy atom. The standard InChI is InChI=1S/C15H16F5NO4/c16-13(17)24-8-9-6-10(15(18,19)20)3-4-12(9)25-11-2-1-5-21(7-11)14(22)23/h3-4,6,11,13H,1-2,5,7-8H2,(H,22,23). The molecule has 1 aliphatic heterocycles. The molecule has 0 aliphatic carbocycles. The molecule has 1 aromatic rings. The number of ether oxygens (including phenoxy) is 2. The van der Waals surface area contributed by atoms with Crippen molar-refractivity contribution in [2.45, 2.75) is 38.3 Å². The molecule has 0 saturated carbocycles. The largest absolute Gasteiger partial charge is 0.488 e. The summed E-state index contributed by atoms with van der Waals surface area (Å²) >= 11 is 0. The lowest BCUT2D eigenvalue weighted by Gasteiger charge is -2.31.